The SMILES string of the molecule is CC(C)CCC[C@@H](C)[C@H]1CC[C@H]2[C@@H]3CC=C4C[C@@H](O[Si](O)(c5ccccc5)c5ccccc5)CC[C@]4(C)[C@H]3CC[C@]12C.CC(C)CCC[C@@H](C)[C@H]1CC[C@H]2[C@@H]3CC=C4C[C@@H](O[Si](O)(c5ccccc5)c5ccccc5)CC[C@]4(C)[C@H]3CC[C@]12C.[Ge].c1ccc2c(c1)-c1nc-2nc2[n-]c(nc3nc(nc4[n-]c(n1)c1ccccc41)-c1ccccc1-3)c1ccccc21. The average Bonchev–Trinajstić information content (AvgIpc) is 1.68. The van der Waals surface area contributed by atoms with Crippen LogP contribution in [-0.4, -0.2) is 86.4 Å². The first-order chi connectivity index (χ1) is 60.1. The minimum Gasteiger partial charge on any atom is -0.404 e. The number of fused-ring (bicyclic) bond motifs is 30. The Morgan fingerprint density at radius 1 is 0.352 bits per heavy atom. The molecular weight excluding hydrogens is 1630 g/mol. The van der Waals surface area contributed by atoms with Crippen LogP contribution in [0.15, 0.2) is 242 Å². The van der Waals surface area contributed by atoms with Gasteiger partial charge in [-0.25, -0.2) is 9.97 Å². The summed E-state index contributed by atoms with van der Waals surface area (Å²) < 4.78 is 13.8. The number of rotatable bonds is 18. The van der Waals surface area contributed by atoms with Crippen LogP contribution in [0.1, 0.15) is 210 Å². The van der Waals surface area contributed by atoms with Gasteiger partial charge in [-0.2, -0.15) is 0 Å². The van der Waals surface area contributed by atoms with Gasteiger partial charge in [-0.1, -0.05) is 349 Å². The second kappa shape index (κ2) is 35.8. The zero-order valence-electron chi connectivity index (χ0n) is 75.4. The van der Waals surface area contributed by atoms with Crippen LogP contribution in [0.25, 0.3) is 89.7 Å². The van der Waals surface area contributed by atoms with E-state index in [1.807, 2.05) is 170 Å². The minimum absolute atomic E-state index is 0. The molecule has 0 amide bonds. The van der Waals surface area contributed by atoms with Gasteiger partial charge in [0.1, 0.15) is 0 Å². The summed E-state index contributed by atoms with van der Waals surface area (Å²) in [5, 5.41) is 7.36. The first-order valence-electron chi connectivity index (χ1n) is 47.6. The molecule has 8 bridgehead atoms. The van der Waals surface area contributed by atoms with Crippen molar-refractivity contribution in [3.05, 3.63) is 242 Å². The van der Waals surface area contributed by atoms with Gasteiger partial charge in [0.05, 0.1) is 35.5 Å². The largest absolute Gasteiger partial charge is 0.404 e. The standard InChI is InChI=1S/2C39H56O2Si.C32H16N8.Ge/c2*1-28(2)13-12-14-29(3)35-21-22-36-34-20-19-30-27-31(23-25-38(30,4)37(34)24-26-39(35,36)5)41-42(40,32-15-8-6-9-16-32)33-17-10-7-11-18-33;1-2-10-18-17(9-1)25-33-26(18)38-28-21-13-5-6-14-22(21)30(35-28)40-32-24-16-8-7-15-23(24)31(36-32)39-29-20-12-4-3-11-19(20)27(34-29)37-25;/h2*6-11,15-19,28-29,31,34-37,40H,12-14,20-27H2,1-5H3;1-16H;/q;;-2;/t2*29-,31+,34+,35-,36+,37+,38+,39-;;/m11../s1. The summed E-state index contributed by atoms with van der Waals surface area (Å²) in [6.07, 6.45) is 34.3. The first kappa shape index (κ1) is 87.1. The Labute approximate surface area is 755 Å². The van der Waals surface area contributed by atoms with E-state index in [1.54, 1.807) is 11.1 Å². The molecule has 0 saturated heterocycles. The van der Waals surface area contributed by atoms with Crippen molar-refractivity contribution in [3.63, 3.8) is 0 Å². The van der Waals surface area contributed by atoms with E-state index in [1.165, 1.54) is 116 Å². The molecule has 0 unspecified atom stereocenters. The summed E-state index contributed by atoms with van der Waals surface area (Å²) in [6, 6.07) is 72.5. The topological polar surface area (TPSA) is 164 Å². The second-order valence-electron chi connectivity index (χ2n) is 41.0. The van der Waals surface area contributed by atoms with Crippen LogP contribution >= 0.6 is 0 Å². The van der Waals surface area contributed by atoms with Crippen LogP contribution < -0.4 is 30.7 Å². The molecule has 2 aliphatic heterocycles. The molecule has 6 saturated carbocycles. The molecule has 16 atom stereocenters. The predicted molar refractivity (Wildman–Crippen MR) is 516 cm³/mol. The summed E-state index contributed by atoms with van der Waals surface area (Å²) in [5.74, 6) is 12.5. The Hall–Kier alpha value is -8.58. The maximum absolute atomic E-state index is 12.2. The Morgan fingerprint density at radius 2 is 0.648 bits per heavy atom. The fourth-order valence-electron chi connectivity index (χ4n) is 26.7. The number of allylic oxidation sites excluding steroid dienone is 2. The molecule has 646 valence electrons. The van der Waals surface area contributed by atoms with Crippen molar-refractivity contribution in [2.75, 3.05) is 0 Å². The van der Waals surface area contributed by atoms with Crippen LogP contribution in [0.3, 0.4) is 0 Å². The van der Waals surface area contributed by atoms with E-state index in [0.29, 0.717) is 67.5 Å². The fraction of sp³-hybridized carbons (Fsp3) is 0.455. The number of hydrogen-bond acceptors (Lipinski definition) is 10. The van der Waals surface area contributed by atoms with Crippen molar-refractivity contribution < 1.29 is 18.4 Å². The zero-order chi connectivity index (χ0) is 85.3. The summed E-state index contributed by atoms with van der Waals surface area (Å²) in [7, 11) is -6.59. The molecule has 21 rings (SSSR count). The van der Waals surface area contributed by atoms with Crippen molar-refractivity contribution in [2.45, 2.75) is 223 Å². The maximum Gasteiger partial charge on any atom is 0.404 e. The van der Waals surface area contributed by atoms with E-state index in [4.69, 9.17) is 48.7 Å². The van der Waals surface area contributed by atoms with E-state index >= 15 is 0 Å². The molecule has 8 aromatic carbocycles. The summed E-state index contributed by atoms with van der Waals surface area (Å²) in [4.78, 5) is 63.7. The van der Waals surface area contributed by atoms with Crippen molar-refractivity contribution in [1.82, 2.24) is 39.9 Å². The number of hydrogen-bond donors (Lipinski definition) is 2. The third-order valence-corrected chi connectivity index (χ3v) is 39.0. The second-order valence-corrected chi connectivity index (χ2v) is 46.3. The Balaban J connectivity index is 0.000000127. The maximum atomic E-state index is 12.2. The number of benzene rings is 8. The Kier molecular flexibility index (Phi) is 25.0. The number of nitrogens with zero attached hydrogens (tertiary/aromatic N) is 8. The Morgan fingerprint density at radius 3 is 0.952 bits per heavy atom. The van der Waals surface area contributed by atoms with E-state index in [0.717, 1.165) is 161 Å². The van der Waals surface area contributed by atoms with Gasteiger partial charge in [-0.3, -0.25) is 0 Å². The van der Waals surface area contributed by atoms with Gasteiger partial charge < -0.3 is 48.3 Å². The van der Waals surface area contributed by atoms with Gasteiger partial charge >= 0.3 is 17.1 Å². The van der Waals surface area contributed by atoms with E-state index < -0.39 is 17.1 Å². The molecule has 125 heavy (non-hydrogen) atoms. The van der Waals surface area contributed by atoms with Gasteiger partial charge in [0.2, 0.25) is 0 Å². The monoisotopic (exact) mass is 1750 g/mol. The molecule has 11 aromatic rings. The van der Waals surface area contributed by atoms with Gasteiger partial charge in [-0.15, -0.1) is 0 Å². The molecular formula is C110H128GeN8O4Si2-2. The molecule has 3 aromatic heterocycles. The van der Waals surface area contributed by atoms with Gasteiger partial charge in [0.25, 0.3) is 0 Å². The fourth-order valence-corrected chi connectivity index (χ4v) is 31.9. The number of aromatic nitrogens is 8. The van der Waals surface area contributed by atoms with E-state index in [9.17, 15) is 9.59 Å². The molecule has 8 aliphatic carbocycles. The quantitative estimate of drug-likeness (QED) is 0.0618. The molecule has 0 spiro atoms. The summed E-state index contributed by atoms with van der Waals surface area (Å²) >= 11 is 0. The molecule has 4 radical (unpaired) electrons. The third kappa shape index (κ3) is 16.3. The summed E-state index contributed by atoms with van der Waals surface area (Å²) in [6.45, 7) is 25.3. The molecule has 2 N–H and O–H groups in total. The smallest absolute Gasteiger partial charge is 0.404 e. The minimum atomic E-state index is -3.29. The normalized spacial score (nSPS) is 27.5. The molecule has 5 heterocycles. The van der Waals surface area contributed by atoms with Crippen LogP contribution in [0.2, 0.25) is 0 Å². The average molecular weight is 1760 g/mol. The van der Waals surface area contributed by atoms with Crippen LogP contribution in [0, 0.1) is 92.7 Å². The molecule has 12 nitrogen and oxygen atoms in total. The molecule has 6 fully saturated rings. The zero-order valence-corrected chi connectivity index (χ0v) is 79.5. The van der Waals surface area contributed by atoms with Crippen molar-refractivity contribution in [1.29, 1.82) is 0 Å². The third-order valence-electron chi connectivity index (χ3n) is 33.2. The van der Waals surface area contributed by atoms with Crippen molar-refractivity contribution >= 4 is 99.6 Å². The predicted octanol–water partition coefficient (Wildman–Crippen LogP) is 23.1. The molecule has 15 heteroatoms. The van der Waals surface area contributed by atoms with Crippen molar-refractivity contribution in [3.8, 4) is 45.6 Å². The Bertz CT molecular complexity index is 5330. The van der Waals surface area contributed by atoms with Gasteiger partial charge in [0.15, 0.2) is 0 Å². The van der Waals surface area contributed by atoms with Crippen LogP contribution in [0.5, 0.6) is 0 Å². The van der Waals surface area contributed by atoms with E-state index in [-0.39, 0.29) is 29.8 Å². The van der Waals surface area contributed by atoms with E-state index in [2.05, 4.69) is 130 Å². The van der Waals surface area contributed by atoms with Crippen LogP contribution in [0.4, 0.5) is 0 Å². The molecule has 10 aliphatic rings. The summed E-state index contributed by atoms with van der Waals surface area (Å²) in [5.41, 5.74) is 10.7. The first-order valence-corrected chi connectivity index (χ1v) is 51.3. The van der Waals surface area contributed by atoms with Crippen molar-refractivity contribution in [2.24, 2.45) is 92.7 Å². The van der Waals surface area contributed by atoms with Gasteiger partial charge in [-0.05, 0) is 238 Å². The van der Waals surface area contributed by atoms with Crippen LogP contribution in [-0.2, 0) is 8.85 Å². The van der Waals surface area contributed by atoms with Gasteiger partial charge in [0, 0.05) is 62.4 Å².